The Morgan fingerprint density at radius 3 is 3.04 bits per heavy atom. The van der Waals surface area contributed by atoms with Gasteiger partial charge in [0.15, 0.2) is 6.61 Å². The van der Waals surface area contributed by atoms with Gasteiger partial charge in [-0.3, -0.25) is 14.5 Å². The number of aliphatic hydroxyl groups excluding tert-OH is 1. The number of nitrogens with one attached hydrogen (secondary N) is 1. The van der Waals surface area contributed by atoms with Gasteiger partial charge in [0.05, 0.1) is 17.9 Å². The predicted molar refractivity (Wildman–Crippen MR) is 86.9 cm³/mol. The molecule has 1 fully saturated rings. The van der Waals surface area contributed by atoms with E-state index in [1.54, 1.807) is 25.1 Å². The Morgan fingerprint density at radius 2 is 2.33 bits per heavy atom. The fraction of sp³-hybridized carbons (Fsp3) is 0.529. The Morgan fingerprint density at radius 1 is 1.50 bits per heavy atom. The molecule has 3 rings (SSSR count). The molecule has 1 saturated heterocycles. The Labute approximate surface area is 140 Å². The minimum Gasteiger partial charge on any atom is -0.482 e. The fourth-order valence-electron chi connectivity index (χ4n) is 2.88. The second-order valence-electron chi connectivity index (χ2n) is 6.11. The van der Waals surface area contributed by atoms with Gasteiger partial charge in [-0.2, -0.15) is 0 Å². The Bertz CT molecular complexity index is 625. The van der Waals surface area contributed by atoms with Crippen LogP contribution >= 0.6 is 0 Å². The van der Waals surface area contributed by atoms with Crippen LogP contribution < -0.4 is 15.0 Å². The van der Waals surface area contributed by atoms with Crippen LogP contribution in [0.5, 0.6) is 5.75 Å². The minimum absolute atomic E-state index is 0.0588. The summed E-state index contributed by atoms with van der Waals surface area (Å²) in [6.07, 6.45) is 1.35. The monoisotopic (exact) mass is 334 g/mol. The largest absolute Gasteiger partial charge is 0.482 e. The molecule has 7 heteroatoms. The molecule has 1 aromatic carbocycles. The minimum atomic E-state index is -0.664. The third-order valence-corrected chi connectivity index (χ3v) is 4.26. The van der Waals surface area contributed by atoms with E-state index in [9.17, 15) is 14.7 Å². The van der Waals surface area contributed by atoms with Crippen molar-refractivity contribution in [2.45, 2.75) is 32.0 Å². The number of benzene rings is 1. The number of carbonyl (C=O) groups is 2. The van der Waals surface area contributed by atoms with Crippen molar-refractivity contribution < 1.29 is 24.2 Å². The Hall–Kier alpha value is -2.12. The highest BCUT2D eigenvalue weighted by atomic mass is 16.5. The number of anilines is 1. The van der Waals surface area contributed by atoms with E-state index in [4.69, 9.17) is 9.47 Å². The van der Waals surface area contributed by atoms with Crippen molar-refractivity contribution in [3.63, 3.8) is 0 Å². The number of ether oxygens (including phenoxy) is 2. The molecular weight excluding hydrogens is 312 g/mol. The van der Waals surface area contributed by atoms with Crippen molar-refractivity contribution in [1.82, 2.24) is 5.32 Å². The van der Waals surface area contributed by atoms with Crippen LogP contribution in [-0.2, 0) is 14.3 Å². The average molecular weight is 334 g/mol. The summed E-state index contributed by atoms with van der Waals surface area (Å²) in [6.45, 7) is 2.66. The first-order chi connectivity index (χ1) is 11.5. The lowest BCUT2D eigenvalue weighted by Gasteiger charge is -2.29. The average Bonchev–Trinajstić information content (AvgIpc) is 3.08. The van der Waals surface area contributed by atoms with Gasteiger partial charge in [-0.15, -0.1) is 0 Å². The fourth-order valence-corrected chi connectivity index (χ4v) is 2.88. The summed E-state index contributed by atoms with van der Waals surface area (Å²) in [6, 6.07) is 5.14. The van der Waals surface area contributed by atoms with E-state index in [1.807, 2.05) is 0 Å². The third-order valence-electron chi connectivity index (χ3n) is 4.26. The molecule has 24 heavy (non-hydrogen) atoms. The van der Waals surface area contributed by atoms with E-state index >= 15 is 0 Å². The summed E-state index contributed by atoms with van der Waals surface area (Å²) in [7, 11) is 0. The van der Waals surface area contributed by atoms with Crippen molar-refractivity contribution in [2.24, 2.45) is 0 Å². The SMILES string of the molecule is CC(O)c1ccc2c(c1)N(CC(=O)NCC1CCCO1)C(=O)CO2. The summed E-state index contributed by atoms with van der Waals surface area (Å²) in [5, 5.41) is 12.5. The van der Waals surface area contributed by atoms with Crippen molar-refractivity contribution >= 4 is 17.5 Å². The van der Waals surface area contributed by atoms with Crippen LogP contribution in [0, 0.1) is 0 Å². The summed E-state index contributed by atoms with van der Waals surface area (Å²) < 4.78 is 10.9. The lowest BCUT2D eigenvalue weighted by atomic mass is 10.1. The normalized spacial score (nSPS) is 21.2. The number of nitrogens with zero attached hydrogens (tertiary/aromatic N) is 1. The number of hydrogen-bond acceptors (Lipinski definition) is 5. The zero-order chi connectivity index (χ0) is 17.1. The van der Waals surface area contributed by atoms with Crippen molar-refractivity contribution in [3.05, 3.63) is 23.8 Å². The van der Waals surface area contributed by atoms with E-state index < -0.39 is 6.10 Å². The van der Waals surface area contributed by atoms with Crippen molar-refractivity contribution in [2.75, 3.05) is 31.2 Å². The first-order valence-corrected chi connectivity index (χ1v) is 8.18. The summed E-state index contributed by atoms with van der Waals surface area (Å²) in [5.41, 5.74) is 1.17. The van der Waals surface area contributed by atoms with Gasteiger partial charge >= 0.3 is 0 Å². The van der Waals surface area contributed by atoms with E-state index in [-0.39, 0.29) is 31.1 Å². The second-order valence-corrected chi connectivity index (χ2v) is 6.11. The van der Waals surface area contributed by atoms with Crippen LogP contribution in [0.3, 0.4) is 0 Å². The van der Waals surface area contributed by atoms with Gasteiger partial charge in [0, 0.05) is 13.2 Å². The molecule has 0 spiro atoms. The quantitative estimate of drug-likeness (QED) is 0.830. The zero-order valence-corrected chi connectivity index (χ0v) is 13.7. The summed E-state index contributed by atoms with van der Waals surface area (Å²) in [4.78, 5) is 25.8. The molecule has 2 heterocycles. The number of aliphatic hydroxyl groups is 1. The molecule has 130 valence electrons. The Balaban J connectivity index is 1.69. The molecule has 2 amide bonds. The molecule has 0 saturated carbocycles. The highest BCUT2D eigenvalue weighted by molar-refractivity contribution is 6.02. The molecule has 0 radical (unpaired) electrons. The maximum Gasteiger partial charge on any atom is 0.265 e. The molecule has 7 nitrogen and oxygen atoms in total. The number of carbonyl (C=O) groups excluding carboxylic acids is 2. The van der Waals surface area contributed by atoms with E-state index in [0.717, 1.165) is 19.4 Å². The highest BCUT2D eigenvalue weighted by Crippen LogP contribution is 2.34. The van der Waals surface area contributed by atoms with Gasteiger partial charge in [0.25, 0.3) is 5.91 Å². The van der Waals surface area contributed by atoms with Gasteiger partial charge in [-0.25, -0.2) is 0 Å². The van der Waals surface area contributed by atoms with Crippen LogP contribution in [-0.4, -0.2) is 49.3 Å². The lowest BCUT2D eigenvalue weighted by molar-refractivity contribution is -0.125. The van der Waals surface area contributed by atoms with E-state index in [0.29, 0.717) is 23.5 Å². The highest BCUT2D eigenvalue weighted by Gasteiger charge is 2.28. The molecule has 0 aromatic heterocycles. The van der Waals surface area contributed by atoms with Gasteiger partial charge in [-0.1, -0.05) is 6.07 Å². The molecule has 2 aliphatic heterocycles. The van der Waals surface area contributed by atoms with E-state index in [1.165, 1.54) is 4.90 Å². The molecule has 1 aromatic rings. The van der Waals surface area contributed by atoms with Gasteiger partial charge in [-0.05, 0) is 37.5 Å². The molecule has 2 unspecified atom stereocenters. The number of amides is 2. The number of fused-ring (bicyclic) bond motifs is 1. The smallest absolute Gasteiger partial charge is 0.265 e. The van der Waals surface area contributed by atoms with Crippen LogP contribution in [0.2, 0.25) is 0 Å². The van der Waals surface area contributed by atoms with Crippen LogP contribution in [0.1, 0.15) is 31.4 Å². The number of rotatable bonds is 5. The van der Waals surface area contributed by atoms with Crippen molar-refractivity contribution in [3.8, 4) is 5.75 Å². The van der Waals surface area contributed by atoms with Gasteiger partial charge in [0.2, 0.25) is 5.91 Å². The van der Waals surface area contributed by atoms with Crippen LogP contribution in [0.15, 0.2) is 18.2 Å². The maximum atomic E-state index is 12.2. The molecule has 2 atom stereocenters. The van der Waals surface area contributed by atoms with Crippen LogP contribution in [0.4, 0.5) is 5.69 Å². The van der Waals surface area contributed by atoms with Crippen molar-refractivity contribution in [1.29, 1.82) is 0 Å². The van der Waals surface area contributed by atoms with Crippen LogP contribution in [0.25, 0.3) is 0 Å². The standard InChI is InChI=1S/C17H22N2O5/c1-11(20)12-4-5-15-14(7-12)19(17(22)10-24-15)9-16(21)18-8-13-3-2-6-23-13/h4-5,7,11,13,20H,2-3,6,8-10H2,1H3,(H,18,21). The summed E-state index contributed by atoms with van der Waals surface area (Å²) >= 11 is 0. The molecule has 2 N–H and O–H groups in total. The Kier molecular flexibility index (Phi) is 5.01. The zero-order valence-electron chi connectivity index (χ0n) is 13.7. The number of hydrogen-bond donors (Lipinski definition) is 2. The topological polar surface area (TPSA) is 88.1 Å². The van der Waals surface area contributed by atoms with E-state index in [2.05, 4.69) is 5.32 Å². The van der Waals surface area contributed by atoms with Gasteiger partial charge in [0.1, 0.15) is 12.3 Å². The second kappa shape index (κ2) is 7.19. The molecule has 2 aliphatic rings. The molecule has 0 bridgehead atoms. The predicted octanol–water partition coefficient (Wildman–Crippen LogP) is 0.760. The molecular formula is C17H22N2O5. The first-order valence-electron chi connectivity index (χ1n) is 8.18. The first kappa shape index (κ1) is 16.7. The summed E-state index contributed by atoms with van der Waals surface area (Å²) in [5.74, 6) is 0.0117. The maximum absolute atomic E-state index is 12.2. The van der Waals surface area contributed by atoms with Gasteiger partial charge < -0.3 is 19.9 Å². The lowest BCUT2D eigenvalue weighted by Crippen LogP contribution is -2.46. The molecule has 0 aliphatic carbocycles. The third kappa shape index (κ3) is 3.68.